The molecule has 106 valence electrons. The summed E-state index contributed by atoms with van der Waals surface area (Å²) in [7, 11) is 1.91. The Morgan fingerprint density at radius 3 is 2.56 bits per heavy atom. The fraction of sp³-hybridized carbons (Fsp3) is 0.929. The molecule has 18 heavy (non-hydrogen) atoms. The van der Waals surface area contributed by atoms with Crippen LogP contribution >= 0.6 is 24.0 Å². The van der Waals surface area contributed by atoms with E-state index in [1.807, 2.05) is 7.05 Å². The average Bonchev–Trinajstić information content (AvgIpc) is 3.00. The molecule has 1 saturated carbocycles. The Balaban J connectivity index is 0.00000162. The number of rotatable bonds is 4. The fourth-order valence-electron chi connectivity index (χ4n) is 2.77. The number of hydrogen-bond donors (Lipinski definition) is 1. The normalized spacial score (nSPS) is 24.3. The van der Waals surface area contributed by atoms with Gasteiger partial charge in [0.25, 0.3) is 0 Å². The molecule has 2 aliphatic rings. The van der Waals surface area contributed by atoms with Crippen LogP contribution in [0.15, 0.2) is 4.99 Å². The van der Waals surface area contributed by atoms with Gasteiger partial charge in [0.15, 0.2) is 5.96 Å². The van der Waals surface area contributed by atoms with Crippen LogP contribution in [0.5, 0.6) is 0 Å². The van der Waals surface area contributed by atoms with Gasteiger partial charge in [-0.1, -0.05) is 13.8 Å². The summed E-state index contributed by atoms with van der Waals surface area (Å²) in [6.45, 7) is 8.15. The van der Waals surface area contributed by atoms with Gasteiger partial charge in [-0.3, -0.25) is 4.99 Å². The molecule has 0 spiro atoms. The van der Waals surface area contributed by atoms with E-state index in [0.717, 1.165) is 30.3 Å². The zero-order chi connectivity index (χ0) is 12.3. The molecule has 1 heterocycles. The monoisotopic (exact) mass is 365 g/mol. The summed E-state index contributed by atoms with van der Waals surface area (Å²) in [5.74, 6) is 3.74. The largest absolute Gasteiger partial charge is 0.356 e. The average molecular weight is 365 g/mol. The second-order valence-corrected chi connectivity index (χ2v) is 6.10. The Kier molecular flexibility index (Phi) is 6.74. The van der Waals surface area contributed by atoms with Crippen molar-refractivity contribution < 1.29 is 0 Å². The van der Waals surface area contributed by atoms with Crippen molar-refractivity contribution in [1.82, 2.24) is 10.2 Å². The highest BCUT2D eigenvalue weighted by atomic mass is 127. The molecule has 4 heteroatoms. The van der Waals surface area contributed by atoms with E-state index in [9.17, 15) is 0 Å². The molecule has 0 amide bonds. The lowest BCUT2D eigenvalue weighted by Gasteiger charge is -2.22. The molecule has 0 aromatic carbocycles. The molecule has 0 radical (unpaired) electrons. The zero-order valence-corrected chi connectivity index (χ0v) is 14.3. The van der Waals surface area contributed by atoms with Gasteiger partial charge in [-0.15, -0.1) is 24.0 Å². The minimum atomic E-state index is 0. The Bertz CT molecular complexity index is 274. The van der Waals surface area contributed by atoms with Crippen molar-refractivity contribution in [2.45, 2.75) is 39.5 Å². The van der Waals surface area contributed by atoms with Gasteiger partial charge in [-0.25, -0.2) is 0 Å². The summed E-state index contributed by atoms with van der Waals surface area (Å²) in [5.41, 5.74) is 0. The van der Waals surface area contributed by atoms with Gasteiger partial charge >= 0.3 is 0 Å². The van der Waals surface area contributed by atoms with E-state index in [-0.39, 0.29) is 24.0 Å². The fourth-order valence-corrected chi connectivity index (χ4v) is 2.77. The molecule has 1 aliphatic carbocycles. The van der Waals surface area contributed by atoms with Gasteiger partial charge in [0.2, 0.25) is 0 Å². The van der Waals surface area contributed by atoms with E-state index < -0.39 is 0 Å². The maximum absolute atomic E-state index is 4.41. The number of aliphatic imine (C=N–C) groups is 1. The van der Waals surface area contributed by atoms with E-state index in [2.05, 4.69) is 29.1 Å². The van der Waals surface area contributed by atoms with Crippen LogP contribution in [0.2, 0.25) is 0 Å². The summed E-state index contributed by atoms with van der Waals surface area (Å²) >= 11 is 0. The molecule has 1 N–H and O–H groups in total. The molecule has 1 unspecified atom stereocenters. The third-order valence-electron chi connectivity index (χ3n) is 3.85. The maximum atomic E-state index is 4.41. The minimum absolute atomic E-state index is 0. The first kappa shape index (κ1) is 16.1. The first-order valence-electron chi connectivity index (χ1n) is 7.14. The number of likely N-dealkylation sites (tertiary alicyclic amines) is 1. The number of nitrogens with zero attached hydrogens (tertiary/aromatic N) is 2. The van der Waals surface area contributed by atoms with Gasteiger partial charge in [-0.2, -0.15) is 0 Å². The van der Waals surface area contributed by atoms with Crippen molar-refractivity contribution in [3.8, 4) is 0 Å². The summed E-state index contributed by atoms with van der Waals surface area (Å²) in [6, 6.07) is 0. The Morgan fingerprint density at radius 2 is 2.00 bits per heavy atom. The second kappa shape index (κ2) is 7.56. The lowest BCUT2D eigenvalue weighted by atomic mass is 9.97. The highest BCUT2D eigenvalue weighted by Crippen LogP contribution is 2.28. The molecule has 1 atom stereocenters. The smallest absolute Gasteiger partial charge is 0.193 e. The van der Waals surface area contributed by atoms with Crippen LogP contribution in [0.4, 0.5) is 0 Å². The molecule has 1 saturated heterocycles. The first-order valence-corrected chi connectivity index (χ1v) is 7.14. The SMILES string of the molecule is CN=C(NCC1CC1)N1CCC(CC(C)C)C1.I. The van der Waals surface area contributed by atoms with Crippen LogP contribution in [0.1, 0.15) is 39.5 Å². The van der Waals surface area contributed by atoms with Crippen molar-refractivity contribution in [3.63, 3.8) is 0 Å². The van der Waals surface area contributed by atoms with E-state index in [0.29, 0.717) is 0 Å². The van der Waals surface area contributed by atoms with Crippen LogP contribution in [-0.2, 0) is 0 Å². The highest BCUT2D eigenvalue weighted by molar-refractivity contribution is 14.0. The molecule has 2 fully saturated rings. The minimum Gasteiger partial charge on any atom is -0.356 e. The van der Waals surface area contributed by atoms with E-state index >= 15 is 0 Å². The topological polar surface area (TPSA) is 27.6 Å². The summed E-state index contributed by atoms with van der Waals surface area (Å²) in [4.78, 5) is 6.85. The highest BCUT2D eigenvalue weighted by Gasteiger charge is 2.27. The standard InChI is InChI=1S/C14H27N3.HI/c1-11(2)8-13-6-7-17(10-13)14(15-3)16-9-12-4-5-12;/h11-13H,4-10H2,1-3H3,(H,15,16);1H. The van der Waals surface area contributed by atoms with Crippen molar-refractivity contribution in [1.29, 1.82) is 0 Å². The maximum Gasteiger partial charge on any atom is 0.193 e. The molecule has 2 rings (SSSR count). The first-order chi connectivity index (χ1) is 8.19. The van der Waals surface area contributed by atoms with Crippen LogP contribution in [-0.4, -0.2) is 37.5 Å². The van der Waals surface area contributed by atoms with Crippen molar-refractivity contribution in [3.05, 3.63) is 0 Å². The van der Waals surface area contributed by atoms with Crippen molar-refractivity contribution in [2.24, 2.45) is 22.7 Å². The van der Waals surface area contributed by atoms with E-state index in [1.165, 1.54) is 38.8 Å². The van der Waals surface area contributed by atoms with Crippen LogP contribution in [0.25, 0.3) is 0 Å². The molecule has 0 aromatic rings. The van der Waals surface area contributed by atoms with Gasteiger partial charge in [-0.05, 0) is 43.4 Å². The van der Waals surface area contributed by atoms with Gasteiger partial charge in [0, 0.05) is 26.7 Å². The van der Waals surface area contributed by atoms with E-state index in [4.69, 9.17) is 0 Å². The van der Waals surface area contributed by atoms with Gasteiger partial charge in [0.05, 0.1) is 0 Å². The van der Waals surface area contributed by atoms with Gasteiger partial charge < -0.3 is 10.2 Å². The zero-order valence-electron chi connectivity index (χ0n) is 12.0. The van der Waals surface area contributed by atoms with Crippen LogP contribution in [0, 0.1) is 17.8 Å². The van der Waals surface area contributed by atoms with Crippen molar-refractivity contribution >= 4 is 29.9 Å². The Labute approximate surface area is 129 Å². The lowest BCUT2D eigenvalue weighted by molar-refractivity contribution is 0.403. The predicted octanol–water partition coefficient (Wildman–Crippen LogP) is 2.96. The summed E-state index contributed by atoms with van der Waals surface area (Å²) < 4.78 is 0. The number of halogens is 1. The molecular weight excluding hydrogens is 337 g/mol. The molecule has 3 nitrogen and oxygen atoms in total. The summed E-state index contributed by atoms with van der Waals surface area (Å²) in [5, 5.41) is 3.52. The Morgan fingerprint density at radius 1 is 1.28 bits per heavy atom. The predicted molar refractivity (Wildman–Crippen MR) is 88.6 cm³/mol. The van der Waals surface area contributed by atoms with Crippen molar-refractivity contribution in [2.75, 3.05) is 26.7 Å². The lowest BCUT2D eigenvalue weighted by Crippen LogP contribution is -2.40. The number of hydrogen-bond acceptors (Lipinski definition) is 1. The Hall–Kier alpha value is 0. The van der Waals surface area contributed by atoms with Crippen LogP contribution in [0.3, 0.4) is 0 Å². The van der Waals surface area contributed by atoms with Crippen LogP contribution < -0.4 is 5.32 Å². The third kappa shape index (κ3) is 4.94. The molecular formula is C14H28IN3. The summed E-state index contributed by atoms with van der Waals surface area (Å²) in [6.07, 6.45) is 5.50. The van der Waals surface area contributed by atoms with Gasteiger partial charge in [0.1, 0.15) is 0 Å². The molecule has 1 aliphatic heterocycles. The number of nitrogens with one attached hydrogen (secondary N) is 1. The van der Waals surface area contributed by atoms with E-state index in [1.54, 1.807) is 0 Å². The number of guanidine groups is 1. The molecule has 0 aromatic heterocycles. The third-order valence-corrected chi connectivity index (χ3v) is 3.85. The second-order valence-electron chi connectivity index (χ2n) is 6.10. The molecule has 0 bridgehead atoms. The quantitative estimate of drug-likeness (QED) is 0.471.